The fraction of sp³-hybridized carbons (Fsp3) is 0.143. The minimum atomic E-state index is 0.191. The number of hydrogen-bond donors (Lipinski definition) is 1. The van der Waals surface area contributed by atoms with Crippen molar-refractivity contribution < 1.29 is 4.42 Å². The van der Waals surface area contributed by atoms with Crippen LogP contribution in [0.15, 0.2) is 28.7 Å². The lowest BCUT2D eigenvalue weighted by molar-refractivity contribution is 0.613. The first-order valence-electron chi connectivity index (χ1n) is 5.97. The van der Waals surface area contributed by atoms with Gasteiger partial charge in [0.15, 0.2) is 0 Å². The third-order valence-corrected chi connectivity index (χ3v) is 3.58. The largest absolute Gasteiger partial charge is 0.437 e. The van der Waals surface area contributed by atoms with Crippen molar-refractivity contribution in [2.45, 2.75) is 12.8 Å². The molecule has 0 saturated heterocycles. The Kier molecular flexibility index (Phi) is 3.28. The second-order valence-electron chi connectivity index (χ2n) is 4.40. The van der Waals surface area contributed by atoms with E-state index in [0.29, 0.717) is 28.1 Å². The normalized spacial score (nSPS) is 11.2. The topological polar surface area (TPSA) is 64.9 Å². The van der Waals surface area contributed by atoms with Crippen molar-refractivity contribution in [1.82, 2.24) is 9.97 Å². The van der Waals surface area contributed by atoms with Crippen LogP contribution in [0.25, 0.3) is 22.4 Å². The third kappa shape index (κ3) is 2.11. The van der Waals surface area contributed by atoms with Crippen LogP contribution in [0.3, 0.4) is 0 Å². The summed E-state index contributed by atoms with van der Waals surface area (Å²) in [7, 11) is 0. The van der Waals surface area contributed by atoms with Gasteiger partial charge in [-0.15, -0.1) is 11.6 Å². The molecule has 102 valence electrons. The molecule has 0 unspecified atom stereocenters. The fourth-order valence-corrected chi connectivity index (χ4v) is 2.40. The maximum atomic E-state index is 5.96. The molecule has 0 aliphatic heterocycles. The molecule has 2 N–H and O–H groups in total. The van der Waals surface area contributed by atoms with Gasteiger partial charge in [-0.25, -0.2) is 4.98 Å². The van der Waals surface area contributed by atoms with E-state index in [1.54, 1.807) is 0 Å². The van der Waals surface area contributed by atoms with Gasteiger partial charge in [0.05, 0.1) is 11.3 Å². The molecule has 2 heterocycles. The number of nitrogen functional groups attached to an aromatic ring is 1. The Hall–Kier alpha value is -1.78. The number of rotatable bonds is 2. The Balaban J connectivity index is 2.25. The van der Waals surface area contributed by atoms with Crippen LogP contribution in [0, 0.1) is 6.92 Å². The molecule has 0 aliphatic carbocycles. The highest BCUT2D eigenvalue weighted by Crippen LogP contribution is 2.34. The Morgan fingerprint density at radius 2 is 1.90 bits per heavy atom. The Bertz CT molecular complexity index is 781. The highest BCUT2D eigenvalue weighted by molar-refractivity contribution is 6.30. The average molecular weight is 308 g/mol. The van der Waals surface area contributed by atoms with E-state index >= 15 is 0 Å². The van der Waals surface area contributed by atoms with Crippen molar-refractivity contribution >= 4 is 40.1 Å². The van der Waals surface area contributed by atoms with Crippen LogP contribution >= 0.6 is 23.2 Å². The van der Waals surface area contributed by atoms with E-state index < -0.39 is 0 Å². The van der Waals surface area contributed by atoms with Crippen molar-refractivity contribution in [1.29, 1.82) is 0 Å². The summed E-state index contributed by atoms with van der Waals surface area (Å²) < 4.78 is 5.82. The second-order valence-corrected chi connectivity index (χ2v) is 5.11. The number of alkyl halides is 1. The molecule has 0 fully saturated rings. The summed E-state index contributed by atoms with van der Waals surface area (Å²) in [5, 5.41) is 1.40. The minimum absolute atomic E-state index is 0.191. The first kappa shape index (κ1) is 13.2. The van der Waals surface area contributed by atoms with E-state index in [4.69, 9.17) is 33.4 Å². The zero-order valence-corrected chi connectivity index (χ0v) is 12.2. The minimum Gasteiger partial charge on any atom is -0.437 e. The van der Waals surface area contributed by atoms with Gasteiger partial charge in [0.25, 0.3) is 0 Å². The van der Waals surface area contributed by atoms with Crippen molar-refractivity contribution in [3.05, 3.63) is 40.7 Å². The second kappa shape index (κ2) is 4.96. The van der Waals surface area contributed by atoms with Crippen molar-refractivity contribution in [3.63, 3.8) is 0 Å². The predicted molar refractivity (Wildman–Crippen MR) is 81.0 cm³/mol. The monoisotopic (exact) mass is 307 g/mol. The number of nitrogens with zero attached hydrogens (tertiary/aromatic N) is 2. The Morgan fingerprint density at radius 1 is 1.20 bits per heavy atom. The number of benzene rings is 1. The molecular weight excluding hydrogens is 297 g/mol. The van der Waals surface area contributed by atoms with Gasteiger partial charge in [0.2, 0.25) is 5.71 Å². The van der Waals surface area contributed by atoms with Gasteiger partial charge >= 0.3 is 0 Å². The first-order chi connectivity index (χ1) is 9.60. The first-order valence-corrected chi connectivity index (χ1v) is 6.89. The standard InChI is InChI=1S/C14H11Cl2N3O/c1-7-11-13(17)18-10(6-15)19-14(11)20-12(7)8-2-4-9(16)5-3-8/h2-5H,6H2,1H3,(H2,17,18,19). The quantitative estimate of drug-likeness (QED) is 0.722. The number of aromatic nitrogens is 2. The summed E-state index contributed by atoms with van der Waals surface area (Å²) in [6.07, 6.45) is 0. The van der Waals surface area contributed by atoms with Crippen molar-refractivity contribution in [3.8, 4) is 11.3 Å². The van der Waals surface area contributed by atoms with E-state index in [2.05, 4.69) is 9.97 Å². The number of nitrogens with two attached hydrogens (primary N) is 1. The molecule has 1 aromatic carbocycles. The number of anilines is 1. The van der Waals surface area contributed by atoms with Gasteiger partial charge < -0.3 is 10.2 Å². The zero-order chi connectivity index (χ0) is 14.3. The number of furan rings is 1. The van der Waals surface area contributed by atoms with Crippen LogP contribution in [0.5, 0.6) is 0 Å². The van der Waals surface area contributed by atoms with Gasteiger partial charge in [-0.1, -0.05) is 11.6 Å². The number of hydrogen-bond acceptors (Lipinski definition) is 4. The summed E-state index contributed by atoms with van der Waals surface area (Å²) in [6.45, 7) is 1.93. The van der Waals surface area contributed by atoms with Crippen molar-refractivity contribution in [2.75, 3.05) is 5.73 Å². The molecule has 0 saturated carbocycles. The zero-order valence-electron chi connectivity index (χ0n) is 10.7. The maximum Gasteiger partial charge on any atom is 0.232 e. The predicted octanol–water partition coefficient (Wildman–Crippen LogP) is 4.17. The van der Waals surface area contributed by atoms with Gasteiger partial charge in [-0.05, 0) is 31.2 Å². The molecule has 0 amide bonds. The van der Waals surface area contributed by atoms with E-state index in [0.717, 1.165) is 16.5 Å². The lowest BCUT2D eigenvalue weighted by Gasteiger charge is -1.99. The van der Waals surface area contributed by atoms with Gasteiger partial charge in [0.1, 0.15) is 17.4 Å². The molecule has 0 bridgehead atoms. The van der Waals surface area contributed by atoms with E-state index in [-0.39, 0.29) is 5.88 Å². The average Bonchev–Trinajstić information content (AvgIpc) is 2.77. The highest BCUT2D eigenvalue weighted by atomic mass is 35.5. The van der Waals surface area contributed by atoms with E-state index in [1.807, 2.05) is 31.2 Å². The molecule has 6 heteroatoms. The highest BCUT2D eigenvalue weighted by Gasteiger charge is 2.17. The molecule has 4 nitrogen and oxygen atoms in total. The summed E-state index contributed by atoms with van der Waals surface area (Å²) >= 11 is 11.6. The van der Waals surface area contributed by atoms with E-state index in [1.165, 1.54) is 0 Å². The van der Waals surface area contributed by atoms with Crippen LogP contribution < -0.4 is 5.73 Å². The summed E-state index contributed by atoms with van der Waals surface area (Å²) in [5.41, 5.74) is 8.23. The van der Waals surface area contributed by atoms with Crippen LogP contribution in [0.1, 0.15) is 11.4 Å². The molecule has 0 radical (unpaired) electrons. The molecule has 2 aromatic heterocycles. The Morgan fingerprint density at radius 3 is 2.55 bits per heavy atom. The Labute approximate surface area is 125 Å². The molecule has 3 aromatic rings. The summed E-state index contributed by atoms with van der Waals surface area (Å²) in [5.74, 6) is 1.74. The molecule has 0 aliphatic rings. The lowest BCUT2D eigenvalue weighted by atomic mass is 10.1. The lowest BCUT2D eigenvalue weighted by Crippen LogP contribution is -1.98. The molecular formula is C14H11Cl2N3O. The summed E-state index contributed by atoms with van der Waals surface area (Å²) in [4.78, 5) is 8.42. The van der Waals surface area contributed by atoms with Gasteiger partial charge in [-0.3, -0.25) is 0 Å². The third-order valence-electron chi connectivity index (χ3n) is 3.09. The smallest absolute Gasteiger partial charge is 0.232 e. The van der Waals surface area contributed by atoms with Gasteiger partial charge in [0, 0.05) is 16.1 Å². The van der Waals surface area contributed by atoms with Gasteiger partial charge in [-0.2, -0.15) is 4.98 Å². The fourth-order valence-electron chi connectivity index (χ4n) is 2.15. The number of fused-ring (bicyclic) bond motifs is 1. The number of halogens is 2. The maximum absolute atomic E-state index is 5.96. The van der Waals surface area contributed by atoms with Crippen LogP contribution in [-0.2, 0) is 5.88 Å². The van der Waals surface area contributed by atoms with Crippen LogP contribution in [-0.4, -0.2) is 9.97 Å². The van der Waals surface area contributed by atoms with Crippen LogP contribution in [0.4, 0.5) is 5.82 Å². The van der Waals surface area contributed by atoms with Crippen molar-refractivity contribution in [2.24, 2.45) is 0 Å². The molecule has 0 spiro atoms. The number of aryl methyl sites for hydroxylation is 1. The van der Waals surface area contributed by atoms with Crippen LogP contribution in [0.2, 0.25) is 5.02 Å². The molecule has 0 atom stereocenters. The molecule has 20 heavy (non-hydrogen) atoms. The summed E-state index contributed by atoms with van der Waals surface area (Å²) in [6, 6.07) is 7.39. The SMILES string of the molecule is Cc1c(-c2ccc(Cl)cc2)oc2nc(CCl)nc(N)c12. The van der Waals surface area contributed by atoms with E-state index in [9.17, 15) is 0 Å². The molecule has 3 rings (SSSR count).